The van der Waals surface area contributed by atoms with Crippen LogP contribution in [-0.4, -0.2) is 74.0 Å². The number of anilines is 1. The highest BCUT2D eigenvalue weighted by Gasteiger charge is 2.35. The first kappa shape index (κ1) is 20.8. The SMILES string of the molecule is Cc1ccc(N2CC(C(=O)NCC(C(C)C)N3CCN(C)CC3)CC2=O)cc1. The van der Waals surface area contributed by atoms with Crippen LogP contribution >= 0.6 is 0 Å². The zero-order valence-electron chi connectivity index (χ0n) is 17.6. The van der Waals surface area contributed by atoms with Gasteiger partial charge in [0.05, 0.1) is 5.92 Å². The molecule has 28 heavy (non-hydrogen) atoms. The molecular weight excluding hydrogens is 352 g/mol. The number of hydrogen-bond donors (Lipinski definition) is 1. The van der Waals surface area contributed by atoms with Crippen molar-refractivity contribution in [2.24, 2.45) is 11.8 Å². The van der Waals surface area contributed by atoms with E-state index in [2.05, 4.69) is 36.0 Å². The predicted molar refractivity (Wildman–Crippen MR) is 112 cm³/mol. The second-order valence-electron chi connectivity index (χ2n) is 8.64. The third kappa shape index (κ3) is 4.92. The molecule has 1 aromatic rings. The Morgan fingerprint density at radius 2 is 1.79 bits per heavy atom. The Balaban J connectivity index is 1.55. The van der Waals surface area contributed by atoms with E-state index in [4.69, 9.17) is 0 Å². The Morgan fingerprint density at radius 3 is 2.39 bits per heavy atom. The van der Waals surface area contributed by atoms with E-state index in [0.29, 0.717) is 31.5 Å². The minimum atomic E-state index is -0.269. The molecule has 2 atom stereocenters. The molecule has 0 radical (unpaired) electrons. The van der Waals surface area contributed by atoms with E-state index in [1.807, 2.05) is 31.2 Å². The largest absolute Gasteiger partial charge is 0.354 e. The van der Waals surface area contributed by atoms with Crippen LogP contribution in [-0.2, 0) is 9.59 Å². The first-order chi connectivity index (χ1) is 13.3. The molecule has 0 spiro atoms. The van der Waals surface area contributed by atoms with Crippen molar-refractivity contribution in [3.63, 3.8) is 0 Å². The maximum atomic E-state index is 12.8. The molecule has 1 N–H and O–H groups in total. The molecular formula is C22H34N4O2. The van der Waals surface area contributed by atoms with Crippen LogP contribution in [0.4, 0.5) is 5.69 Å². The number of carbonyl (C=O) groups is 2. The Kier molecular flexibility index (Phi) is 6.73. The predicted octanol–water partition coefficient (Wildman–Crippen LogP) is 1.74. The number of benzene rings is 1. The van der Waals surface area contributed by atoms with Crippen molar-refractivity contribution in [1.82, 2.24) is 15.1 Å². The highest BCUT2D eigenvalue weighted by molar-refractivity contribution is 6.00. The lowest BCUT2D eigenvalue weighted by Gasteiger charge is -2.40. The van der Waals surface area contributed by atoms with Gasteiger partial charge >= 0.3 is 0 Å². The average Bonchev–Trinajstić information content (AvgIpc) is 3.05. The molecule has 2 fully saturated rings. The van der Waals surface area contributed by atoms with E-state index in [9.17, 15) is 9.59 Å². The average molecular weight is 387 g/mol. The molecule has 154 valence electrons. The van der Waals surface area contributed by atoms with Gasteiger partial charge in [0.15, 0.2) is 0 Å². The zero-order valence-corrected chi connectivity index (χ0v) is 17.6. The molecule has 2 heterocycles. The smallest absolute Gasteiger partial charge is 0.227 e. The van der Waals surface area contributed by atoms with Crippen molar-refractivity contribution >= 4 is 17.5 Å². The number of nitrogens with zero attached hydrogens (tertiary/aromatic N) is 3. The lowest BCUT2D eigenvalue weighted by atomic mass is 10.0. The first-order valence-corrected chi connectivity index (χ1v) is 10.4. The highest BCUT2D eigenvalue weighted by atomic mass is 16.2. The van der Waals surface area contributed by atoms with Crippen molar-refractivity contribution < 1.29 is 9.59 Å². The van der Waals surface area contributed by atoms with E-state index in [1.54, 1.807) is 4.90 Å². The number of hydrogen-bond acceptors (Lipinski definition) is 4. The van der Waals surface area contributed by atoms with Crippen LogP contribution in [0.25, 0.3) is 0 Å². The number of carbonyl (C=O) groups excluding carboxylic acids is 2. The van der Waals surface area contributed by atoms with E-state index >= 15 is 0 Å². The molecule has 0 bridgehead atoms. The van der Waals surface area contributed by atoms with Gasteiger partial charge in [0, 0.05) is 57.4 Å². The van der Waals surface area contributed by atoms with E-state index in [-0.39, 0.29) is 17.7 Å². The van der Waals surface area contributed by atoms with Gasteiger partial charge in [0.1, 0.15) is 0 Å². The molecule has 2 amide bonds. The molecule has 3 rings (SSSR count). The molecule has 1 aromatic carbocycles. The minimum absolute atomic E-state index is 0.00254. The van der Waals surface area contributed by atoms with Crippen LogP contribution in [0, 0.1) is 18.8 Å². The molecule has 2 aliphatic rings. The normalized spacial score (nSPS) is 22.7. The highest BCUT2D eigenvalue weighted by Crippen LogP contribution is 2.25. The lowest BCUT2D eigenvalue weighted by Crippen LogP contribution is -2.54. The molecule has 2 aliphatic heterocycles. The van der Waals surface area contributed by atoms with E-state index in [0.717, 1.165) is 37.4 Å². The summed E-state index contributed by atoms with van der Waals surface area (Å²) in [5, 5.41) is 3.14. The fourth-order valence-electron chi connectivity index (χ4n) is 4.15. The maximum absolute atomic E-state index is 12.8. The maximum Gasteiger partial charge on any atom is 0.227 e. The number of aryl methyl sites for hydroxylation is 1. The van der Waals surface area contributed by atoms with Gasteiger partial charge in [-0.15, -0.1) is 0 Å². The summed E-state index contributed by atoms with van der Waals surface area (Å²) in [6.07, 6.45) is 0.292. The van der Waals surface area contributed by atoms with E-state index in [1.165, 1.54) is 0 Å². The standard InChI is InChI=1S/C22H34N4O2/c1-16(2)20(25-11-9-24(4)10-12-25)14-23-22(28)18-13-21(27)26(15-18)19-7-5-17(3)6-8-19/h5-8,16,18,20H,9-15H2,1-4H3,(H,23,28). The summed E-state index contributed by atoms with van der Waals surface area (Å²) in [5.41, 5.74) is 2.04. The molecule has 6 nitrogen and oxygen atoms in total. The monoisotopic (exact) mass is 386 g/mol. The molecule has 6 heteroatoms. The fourth-order valence-corrected chi connectivity index (χ4v) is 4.15. The van der Waals surface area contributed by atoms with Gasteiger partial charge < -0.3 is 15.1 Å². The van der Waals surface area contributed by atoms with Crippen molar-refractivity contribution in [1.29, 1.82) is 0 Å². The Morgan fingerprint density at radius 1 is 1.14 bits per heavy atom. The lowest BCUT2D eigenvalue weighted by molar-refractivity contribution is -0.126. The molecule has 2 unspecified atom stereocenters. The molecule has 0 aliphatic carbocycles. The topological polar surface area (TPSA) is 55.9 Å². The van der Waals surface area contributed by atoms with Crippen LogP contribution in [0.1, 0.15) is 25.8 Å². The quantitative estimate of drug-likeness (QED) is 0.809. The summed E-state index contributed by atoms with van der Waals surface area (Å²) in [7, 11) is 2.15. The van der Waals surface area contributed by atoms with Gasteiger partial charge in [-0.2, -0.15) is 0 Å². The van der Waals surface area contributed by atoms with Gasteiger partial charge in [-0.05, 0) is 32.0 Å². The second-order valence-corrected chi connectivity index (χ2v) is 8.64. The van der Waals surface area contributed by atoms with Crippen LogP contribution in [0.3, 0.4) is 0 Å². The van der Waals surface area contributed by atoms with Crippen molar-refractivity contribution in [3.05, 3.63) is 29.8 Å². The second kappa shape index (κ2) is 9.05. The zero-order chi connectivity index (χ0) is 20.3. The third-order valence-corrected chi connectivity index (χ3v) is 6.10. The van der Waals surface area contributed by atoms with E-state index < -0.39 is 0 Å². The molecule has 0 saturated carbocycles. The van der Waals surface area contributed by atoms with Gasteiger partial charge in [0.2, 0.25) is 11.8 Å². The minimum Gasteiger partial charge on any atom is -0.354 e. The number of piperazine rings is 1. The Bertz CT molecular complexity index is 680. The Hall–Kier alpha value is -1.92. The summed E-state index contributed by atoms with van der Waals surface area (Å²) in [6.45, 7) is 11.8. The summed E-state index contributed by atoms with van der Waals surface area (Å²) in [4.78, 5) is 31.8. The summed E-state index contributed by atoms with van der Waals surface area (Å²) in [6, 6.07) is 8.24. The van der Waals surface area contributed by atoms with Gasteiger partial charge in [-0.3, -0.25) is 14.5 Å². The summed E-state index contributed by atoms with van der Waals surface area (Å²) < 4.78 is 0. The first-order valence-electron chi connectivity index (χ1n) is 10.4. The number of nitrogens with one attached hydrogen (secondary N) is 1. The van der Waals surface area contributed by atoms with Crippen LogP contribution < -0.4 is 10.2 Å². The van der Waals surface area contributed by atoms with Crippen LogP contribution in [0.15, 0.2) is 24.3 Å². The fraction of sp³-hybridized carbons (Fsp3) is 0.636. The number of likely N-dealkylation sites (N-methyl/N-ethyl adjacent to an activating group) is 1. The third-order valence-electron chi connectivity index (χ3n) is 6.10. The molecule has 2 saturated heterocycles. The van der Waals surface area contributed by atoms with Crippen LogP contribution in [0.2, 0.25) is 0 Å². The van der Waals surface area contributed by atoms with Crippen molar-refractivity contribution in [3.8, 4) is 0 Å². The van der Waals surface area contributed by atoms with Gasteiger partial charge in [-0.1, -0.05) is 31.5 Å². The number of amides is 2. The van der Waals surface area contributed by atoms with Crippen molar-refractivity contribution in [2.45, 2.75) is 33.2 Å². The van der Waals surface area contributed by atoms with Gasteiger partial charge in [0.25, 0.3) is 0 Å². The summed E-state index contributed by atoms with van der Waals surface area (Å²) >= 11 is 0. The van der Waals surface area contributed by atoms with Crippen molar-refractivity contribution in [2.75, 3.05) is 51.2 Å². The Labute approximate surface area is 168 Å². The summed E-state index contributed by atoms with van der Waals surface area (Å²) in [5.74, 6) is 0.235. The van der Waals surface area contributed by atoms with Crippen LogP contribution in [0.5, 0.6) is 0 Å². The number of rotatable bonds is 6. The molecule has 0 aromatic heterocycles. The van der Waals surface area contributed by atoms with Gasteiger partial charge in [-0.25, -0.2) is 0 Å².